The third-order valence-corrected chi connectivity index (χ3v) is 17.5. The number of hydrogen-bond acceptors (Lipinski definition) is 1. The first-order chi connectivity index (χ1) is 45.1. The number of ether oxygens (including phenoxy) is 1. The highest BCUT2D eigenvalue weighted by molar-refractivity contribution is 6.14. The van der Waals surface area contributed by atoms with Crippen molar-refractivity contribution in [2.45, 2.75) is 0 Å². The molecule has 0 fully saturated rings. The molecule has 0 atom stereocenters. The molecule has 14 aromatic carbocycles. The van der Waals surface area contributed by atoms with E-state index in [2.05, 4.69) is 373 Å². The molecule has 428 valence electrons. The maximum atomic E-state index is 6.60. The summed E-state index contributed by atoms with van der Waals surface area (Å²) in [5.74, 6) is 1.55. The van der Waals surface area contributed by atoms with E-state index < -0.39 is 0 Å². The number of hydrogen-bond donors (Lipinski definition) is 0. The molecular formula is C88H60N2O. The smallest absolute Gasteiger partial charge is 0.127 e. The normalized spacial score (nSPS) is 12.0. The molecule has 0 unspecified atom stereocenters. The van der Waals surface area contributed by atoms with Crippen molar-refractivity contribution in [1.82, 2.24) is 9.13 Å². The van der Waals surface area contributed by atoms with Crippen LogP contribution in [0.2, 0.25) is 0 Å². The van der Waals surface area contributed by atoms with Gasteiger partial charge in [0.25, 0.3) is 0 Å². The second kappa shape index (κ2) is 23.9. The fourth-order valence-electron chi connectivity index (χ4n) is 13.1. The summed E-state index contributed by atoms with van der Waals surface area (Å²) in [5.41, 5.74) is 20.8. The summed E-state index contributed by atoms with van der Waals surface area (Å²) in [7, 11) is 0. The lowest BCUT2D eigenvalue weighted by molar-refractivity contribution is 0.483. The number of benzene rings is 14. The SMILES string of the molecule is C(=Cc1ccc2c(c1)c1cc(C=Cc3ccccc3)ccc1n2-c1ccc(-c2ccc(Oc3ccc(-c4ccc(-n5c6ccc(C=Cc7ccccc7)cc6c6cc(C=Cc7ccccc7)ccc65)c5ccccc45)cc3)cc2)c2ccccc12)c1ccccc1. The zero-order valence-corrected chi connectivity index (χ0v) is 49.9. The zero-order chi connectivity index (χ0) is 60.5. The first kappa shape index (κ1) is 54.4. The van der Waals surface area contributed by atoms with Gasteiger partial charge in [0, 0.05) is 32.3 Å². The number of nitrogens with zero attached hydrogens (tertiary/aromatic N) is 2. The van der Waals surface area contributed by atoms with Crippen LogP contribution in [0.1, 0.15) is 44.5 Å². The number of aromatic nitrogens is 2. The first-order valence-electron chi connectivity index (χ1n) is 31.1. The van der Waals surface area contributed by atoms with Gasteiger partial charge in [-0.3, -0.25) is 0 Å². The molecule has 16 aromatic rings. The van der Waals surface area contributed by atoms with E-state index in [4.69, 9.17) is 4.74 Å². The largest absolute Gasteiger partial charge is 0.457 e. The Bertz CT molecular complexity index is 4940. The molecule has 0 aliphatic carbocycles. The quantitative estimate of drug-likeness (QED) is 0.0993. The molecule has 0 aliphatic heterocycles. The maximum absolute atomic E-state index is 6.60. The fourth-order valence-corrected chi connectivity index (χ4v) is 13.1. The van der Waals surface area contributed by atoms with Crippen molar-refractivity contribution in [2.24, 2.45) is 0 Å². The Morgan fingerprint density at radius 2 is 0.462 bits per heavy atom. The van der Waals surface area contributed by atoms with E-state index in [0.29, 0.717) is 0 Å². The molecule has 0 aliphatic rings. The van der Waals surface area contributed by atoms with Crippen molar-refractivity contribution < 1.29 is 4.74 Å². The molecule has 0 N–H and O–H groups in total. The van der Waals surface area contributed by atoms with E-state index in [1.165, 1.54) is 65.3 Å². The van der Waals surface area contributed by atoms with Crippen molar-refractivity contribution in [1.29, 1.82) is 0 Å². The van der Waals surface area contributed by atoms with Gasteiger partial charge < -0.3 is 13.9 Å². The minimum atomic E-state index is 0.776. The Morgan fingerprint density at radius 1 is 0.198 bits per heavy atom. The van der Waals surface area contributed by atoms with Crippen LogP contribution in [0.4, 0.5) is 0 Å². The van der Waals surface area contributed by atoms with Gasteiger partial charge in [-0.15, -0.1) is 0 Å². The van der Waals surface area contributed by atoms with E-state index in [1.807, 2.05) is 0 Å². The first-order valence-corrected chi connectivity index (χ1v) is 31.1. The van der Waals surface area contributed by atoms with Gasteiger partial charge in [-0.2, -0.15) is 0 Å². The predicted molar refractivity (Wildman–Crippen MR) is 389 cm³/mol. The molecule has 3 nitrogen and oxygen atoms in total. The van der Waals surface area contributed by atoms with Gasteiger partial charge in [-0.1, -0.05) is 279 Å². The van der Waals surface area contributed by atoms with Crippen LogP contribution >= 0.6 is 0 Å². The van der Waals surface area contributed by atoms with Crippen molar-refractivity contribution in [3.05, 3.63) is 360 Å². The highest BCUT2D eigenvalue weighted by Crippen LogP contribution is 2.42. The lowest BCUT2D eigenvalue weighted by atomic mass is 9.96. The zero-order valence-electron chi connectivity index (χ0n) is 49.9. The van der Waals surface area contributed by atoms with Crippen LogP contribution in [0, 0.1) is 0 Å². The van der Waals surface area contributed by atoms with Gasteiger partial charge in [0.1, 0.15) is 11.5 Å². The molecule has 0 spiro atoms. The highest BCUT2D eigenvalue weighted by Gasteiger charge is 2.20. The molecule has 0 saturated carbocycles. The Balaban J connectivity index is 0.690. The van der Waals surface area contributed by atoms with Crippen LogP contribution < -0.4 is 4.74 Å². The molecule has 2 heterocycles. The van der Waals surface area contributed by atoms with Crippen molar-refractivity contribution in [2.75, 3.05) is 0 Å². The third kappa shape index (κ3) is 10.8. The van der Waals surface area contributed by atoms with E-state index in [1.54, 1.807) is 0 Å². The fraction of sp³-hybridized carbons (Fsp3) is 0. The predicted octanol–water partition coefficient (Wildman–Crippen LogP) is 24.0. The summed E-state index contributed by atoms with van der Waals surface area (Å²) in [6, 6.07) is 113. The average molecular weight is 1160 g/mol. The summed E-state index contributed by atoms with van der Waals surface area (Å²) in [6.07, 6.45) is 17.6. The monoisotopic (exact) mass is 1160 g/mol. The molecule has 0 saturated heterocycles. The highest BCUT2D eigenvalue weighted by atomic mass is 16.5. The Morgan fingerprint density at radius 3 is 0.758 bits per heavy atom. The number of fused-ring (bicyclic) bond motifs is 8. The van der Waals surface area contributed by atoms with Crippen LogP contribution in [0.5, 0.6) is 11.5 Å². The second-order valence-corrected chi connectivity index (χ2v) is 23.3. The van der Waals surface area contributed by atoms with Gasteiger partial charge in [0.05, 0.1) is 33.4 Å². The summed E-state index contributed by atoms with van der Waals surface area (Å²) in [6.45, 7) is 0. The van der Waals surface area contributed by atoms with Crippen LogP contribution in [0.25, 0.3) is 147 Å². The molecule has 91 heavy (non-hydrogen) atoms. The van der Waals surface area contributed by atoms with Gasteiger partial charge >= 0.3 is 0 Å². The van der Waals surface area contributed by atoms with Crippen LogP contribution in [-0.4, -0.2) is 9.13 Å². The molecule has 16 rings (SSSR count). The standard InChI is InChI=1S/C88H60N2O/c1-5-17-61(18-6-1)29-33-65-37-51-85-79(57-65)80-58-66(34-30-62-19-7-2-8-20-62)38-52-86(80)89(85)83-55-49-73(75-25-13-15-27-77(75)83)69-41-45-71(46-42-69)91-72-47-43-70(44-48-72)74-50-56-84(78-28-16-14-26-76(74)78)90-87-53-39-67(35-31-63-21-9-3-10-22-63)59-81(87)82-60-68(40-54-88(82)90)36-32-64-23-11-4-12-24-64/h1-60H. The Hall–Kier alpha value is -12.0. The van der Waals surface area contributed by atoms with Crippen molar-refractivity contribution in [3.8, 4) is 45.1 Å². The van der Waals surface area contributed by atoms with E-state index >= 15 is 0 Å². The topological polar surface area (TPSA) is 19.1 Å². The summed E-state index contributed by atoms with van der Waals surface area (Å²) < 4.78 is 11.5. The Kier molecular flexibility index (Phi) is 14.3. The lowest BCUT2D eigenvalue weighted by Crippen LogP contribution is -1.96. The van der Waals surface area contributed by atoms with Crippen LogP contribution in [-0.2, 0) is 0 Å². The van der Waals surface area contributed by atoms with Crippen molar-refractivity contribution >= 4 is 114 Å². The average Bonchev–Trinajstić information content (AvgIpc) is 1.63. The van der Waals surface area contributed by atoms with E-state index in [9.17, 15) is 0 Å². The molecule has 0 bridgehead atoms. The van der Waals surface area contributed by atoms with Gasteiger partial charge in [0.15, 0.2) is 0 Å². The Labute approximate surface area is 529 Å². The minimum Gasteiger partial charge on any atom is -0.457 e. The van der Waals surface area contributed by atoms with Gasteiger partial charge in [0.2, 0.25) is 0 Å². The van der Waals surface area contributed by atoms with Crippen LogP contribution in [0.3, 0.4) is 0 Å². The summed E-state index contributed by atoms with van der Waals surface area (Å²) in [5, 5.41) is 9.56. The minimum absolute atomic E-state index is 0.776. The molecule has 3 heteroatoms. The molecule has 2 aromatic heterocycles. The molecular weight excluding hydrogens is 1100 g/mol. The molecule has 0 amide bonds. The third-order valence-electron chi connectivity index (χ3n) is 17.5. The molecule has 0 radical (unpaired) electrons. The van der Waals surface area contributed by atoms with Crippen LogP contribution in [0.15, 0.2) is 315 Å². The second-order valence-electron chi connectivity index (χ2n) is 23.3. The van der Waals surface area contributed by atoms with Gasteiger partial charge in [-0.25, -0.2) is 0 Å². The van der Waals surface area contributed by atoms with Gasteiger partial charge in [-0.05, 0) is 162 Å². The maximum Gasteiger partial charge on any atom is 0.127 e. The summed E-state index contributed by atoms with van der Waals surface area (Å²) in [4.78, 5) is 0. The van der Waals surface area contributed by atoms with E-state index in [0.717, 1.165) is 89.4 Å². The lowest BCUT2D eigenvalue weighted by Gasteiger charge is -2.16. The number of rotatable bonds is 14. The summed E-state index contributed by atoms with van der Waals surface area (Å²) >= 11 is 0. The van der Waals surface area contributed by atoms with Crippen molar-refractivity contribution in [3.63, 3.8) is 0 Å². The van der Waals surface area contributed by atoms with E-state index in [-0.39, 0.29) is 0 Å².